The van der Waals surface area contributed by atoms with Crippen molar-refractivity contribution in [1.29, 1.82) is 0 Å². The lowest BCUT2D eigenvalue weighted by molar-refractivity contribution is 0.0492. The highest BCUT2D eigenvalue weighted by Gasteiger charge is 2.35. The summed E-state index contributed by atoms with van der Waals surface area (Å²) in [7, 11) is 1.57. The first-order chi connectivity index (χ1) is 9.22. The van der Waals surface area contributed by atoms with Crippen LogP contribution in [-0.4, -0.2) is 43.2 Å². The molecule has 3 N–H and O–H groups in total. The summed E-state index contributed by atoms with van der Waals surface area (Å²) in [5.74, 6) is 0. The topological polar surface area (TPSA) is 61.7 Å². The Hall–Kier alpha value is -0.940. The molecule has 0 saturated heterocycles. The van der Waals surface area contributed by atoms with Crippen molar-refractivity contribution in [3.05, 3.63) is 35.4 Å². The van der Waals surface area contributed by atoms with Gasteiger partial charge in [-0.25, -0.2) is 0 Å². The Balaban J connectivity index is 2.15. The van der Waals surface area contributed by atoms with E-state index in [0.717, 1.165) is 24.8 Å². The maximum atomic E-state index is 9.86. The number of hydrogen-bond acceptors (Lipinski definition) is 4. The lowest BCUT2D eigenvalue weighted by atomic mass is 9.77. The van der Waals surface area contributed by atoms with E-state index in [1.807, 2.05) is 12.1 Å². The molecule has 2 atom stereocenters. The second-order valence-corrected chi connectivity index (χ2v) is 5.24. The Morgan fingerprint density at radius 2 is 2.21 bits per heavy atom. The molecule has 0 heterocycles. The number of fused-ring (bicyclic) bond motifs is 1. The van der Waals surface area contributed by atoms with E-state index in [1.54, 1.807) is 7.11 Å². The third kappa shape index (κ3) is 3.15. The molecule has 0 spiro atoms. The lowest BCUT2D eigenvalue weighted by Crippen LogP contribution is -2.50. The third-order valence-corrected chi connectivity index (χ3v) is 3.89. The standard InChI is InChI=1S/C15H23NO3/c1-19-10-13(18)9-16-15(11-17)8-4-6-12-5-2-3-7-14(12)15/h2-3,5,7,13,16-18H,4,6,8-11H2,1H3/t13-,15-/m1/s1. The van der Waals surface area contributed by atoms with Crippen LogP contribution in [0.4, 0.5) is 0 Å². The molecule has 2 rings (SSSR count). The molecule has 1 aromatic carbocycles. The summed E-state index contributed by atoms with van der Waals surface area (Å²) in [4.78, 5) is 0. The molecule has 0 saturated carbocycles. The van der Waals surface area contributed by atoms with Gasteiger partial charge in [-0.15, -0.1) is 0 Å². The minimum absolute atomic E-state index is 0.0454. The molecule has 1 aliphatic rings. The summed E-state index contributed by atoms with van der Waals surface area (Å²) in [6, 6.07) is 8.22. The zero-order chi connectivity index (χ0) is 13.7. The Kier molecular flexibility index (Phi) is 4.93. The van der Waals surface area contributed by atoms with Crippen molar-refractivity contribution in [2.45, 2.75) is 30.9 Å². The van der Waals surface area contributed by atoms with E-state index in [1.165, 1.54) is 5.56 Å². The molecule has 0 aliphatic heterocycles. The van der Waals surface area contributed by atoms with Crippen molar-refractivity contribution in [2.75, 3.05) is 26.9 Å². The molecule has 1 aliphatic carbocycles. The van der Waals surface area contributed by atoms with Gasteiger partial charge in [0.15, 0.2) is 0 Å². The molecule has 1 aromatic rings. The van der Waals surface area contributed by atoms with E-state index in [4.69, 9.17) is 4.74 Å². The summed E-state index contributed by atoms with van der Waals surface area (Å²) in [5, 5.41) is 23.0. The van der Waals surface area contributed by atoms with Crippen molar-refractivity contribution in [3.8, 4) is 0 Å². The van der Waals surface area contributed by atoms with Crippen LogP contribution in [0, 0.1) is 0 Å². The van der Waals surface area contributed by atoms with Gasteiger partial charge in [0.2, 0.25) is 0 Å². The average molecular weight is 265 g/mol. The van der Waals surface area contributed by atoms with Gasteiger partial charge >= 0.3 is 0 Å². The van der Waals surface area contributed by atoms with Gasteiger partial charge in [0.1, 0.15) is 0 Å². The fourth-order valence-corrected chi connectivity index (χ4v) is 2.89. The summed E-state index contributed by atoms with van der Waals surface area (Å²) in [6.45, 7) is 0.766. The van der Waals surface area contributed by atoms with Crippen LogP contribution < -0.4 is 5.32 Å². The van der Waals surface area contributed by atoms with E-state index in [0.29, 0.717) is 13.2 Å². The van der Waals surface area contributed by atoms with Crippen LogP contribution in [0.2, 0.25) is 0 Å². The second-order valence-electron chi connectivity index (χ2n) is 5.24. The second kappa shape index (κ2) is 6.48. The molecule has 0 unspecified atom stereocenters. The van der Waals surface area contributed by atoms with Crippen molar-refractivity contribution in [1.82, 2.24) is 5.32 Å². The number of ether oxygens (including phenoxy) is 1. The number of rotatable bonds is 6. The molecule has 4 heteroatoms. The Morgan fingerprint density at radius 1 is 1.42 bits per heavy atom. The van der Waals surface area contributed by atoms with E-state index in [9.17, 15) is 10.2 Å². The summed E-state index contributed by atoms with van der Waals surface area (Å²) >= 11 is 0. The van der Waals surface area contributed by atoms with Gasteiger partial charge in [-0.3, -0.25) is 0 Å². The largest absolute Gasteiger partial charge is 0.394 e. The van der Waals surface area contributed by atoms with E-state index >= 15 is 0 Å². The first kappa shape index (κ1) is 14.5. The maximum absolute atomic E-state index is 9.86. The van der Waals surface area contributed by atoms with Gasteiger partial charge in [-0.1, -0.05) is 24.3 Å². The zero-order valence-electron chi connectivity index (χ0n) is 11.4. The van der Waals surface area contributed by atoms with Gasteiger partial charge in [-0.05, 0) is 30.4 Å². The van der Waals surface area contributed by atoms with E-state index in [2.05, 4.69) is 17.4 Å². The van der Waals surface area contributed by atoms with Crippen LogP contribution in [0.1, 0.15) is 24.0 Å². The fraction of sp³-hybridized carbons (Fsp3) is 0.600. The highest BCUT2D eigenvalue weighted by atomic mass is 16.5. The van der Waals surface area contributed by atoms with Gasteiger partial charge < -0.3 is 20.3 Å². The van der Waals surface area contributed by atoms with Crippen LogP contribution in [0.3, 0.4) is 0 Å². The van der Waals surface area contributed by atoms with Gasteiger partial charge in [-0.2, -0.15) is 0 Å². The van der Waals surface area contributed by atoms with E-state index < -0.39 is 11.6 Å². The SMILES string of the molecule is COC[C@H](O)CN[C@@]1(CO)CCCc2ccccc21. The zero-order valence-corrected chi connectivity index (χ0v) is 11.4. The summed E-state index contributed by atoms with van der Waals surface area (Å²) in [6.07, 6.45) is 2.44. The number of benzene rings is 1. The molecule has 0 fully saturated rings. The number of aliphatic hydroxyl groups is 2. The molecule has 19 heavy (non-hydrogen) atoms. The molecule has 0 bridgehead atoms. The summed E-state index contributed by atoms with van der Waals surface area (Å²) < 4.78 is 4.93. The van der Waals surface area contributed by atoms with Crippen LogP contribution in [0.5, 0.6) is 0 Å². The van der Waals surface area contributed by atoms with Gasteiger partial charge in [0.25, 0.3) is 0 Å². The minimum atomic E-state index is -0.553. The molecular weight excluding hydrogens is 242 g/mol. The van der Waals surface area contributed by atoms with Crippen LogP contribution in [0.15, 0.2) is 24.3 Å². The highest BCUT2D eigenvalue weighted by Crippen LogP contribution is 2.34. The number of methoxy groups -OCH3 is 1. The van der Waals surface area contributed by atoms with Crippen molar-refractivity contribution in [2.24, 2.45) is 0 Å². The van der Waals surface area contributed by atoms with Crippen LogP contribution in [0.25, 0.3) is 0 Å². The first-order valence-corrected chi connectivity index (χ1v) is 6.83. The number of nitrogens with one attached hydrogen (secondary N) is 1. The summed E-state index contributed by atoms with van der Waals surface area (Å²) in [5.41, 5.74) is 2.02. The smallest absolute Gasteiger partial charge is 0.0897 e. The Labute approximate surface area is 114 Å². The molecule has 106 valence electrons. The molecular formula is C15H23NO3. The van der Waals surface area contributed by atoms with E-state index in [-0.39, 0.29) is 6.61 Å². The monoisotopic (exact) mass is 265 g/mol. The van der Waals surface area contributed by atoms with Crippen LogP contribution in [-0.2, 0) is 16.7 Å². The molecule has 0 aromatic heterocycles. The number of aryl methyl sites for hydroxylation is 1. The Morgan fingerprint density at radius 3 is 2.95 bits per heavy atom. The normalized spacial score (nSPS) is 23.9. The lowest BCUT2D eigenvalue weighted by Gasteiger charge is -2.39. The highest BCUT2D eigenvalue weighted by molar-refractivity contribution is 5.36. The quantitative estimate of drug-likeness (QED) is 0.712. The van der Waals surface area contributed by atoms with Crippen LogP contribution >= 0.6 is 0 Å². The maximum Gasteiger partial charge on any atom is 0.0897 e. The van der Waals surface area contributed by atoms with Crippen molar-refractivity contribution < 1.29 is 14.9 Å². The third-order valence-electron chi connectivity index (χ3n) is 3.89. The Bertz CT molecular complexity index is 410. The number of hydrogen-bond donors (Lipinski definition) is 3. The minimum Gasteiger partial charge on any atom is -0.394 e. The van der Waals surface area contributed by atoms with Crippen molar-refractivity contribution in [3.63, 3.8) is 0 Å². The first-order valence-electron chi connectivity index (χ1n) is 6.83. The fourth-order valence-electron chi connectivity index (χ4n) is 2.89. The average Bonchev–Trinajstić information content (AvgIpc) is 2.45. The predicted molar refractivity (Wildman–Crippen MR) is 74.0 cm³/mol. The molecule has 0 amide bonds. The molecule has 0 radical (unpaired) electrons. The number of aliphatic hydroxyl groups excluding tert-OH is 2. The van der Waals surface area contributed by atoms with Gasteiger partial charge in [0, 0.05) is 13.7 Å². The predicted octanol–water partition coefficient (Wildman–Crippen LogP) is 0.807. The molecule has 4 nitrogen and oxygen atoms in total. The van der Waals surface area contributed by atoms with Gasteiger partial charge in [0.05, 0.1) is 24.9 Å². The van der Waals surface area contributed by atoms with Crippen molar-refractivity contribution >= 4 is 0 Å².